The minimum Gasteiger partial charge on any atom is -0.493 e. The van der Waals surface area contributed by atoms with E-state index in [-0.39, 0.29) is 24.2 Å². The van der Waals surface area contributed by atoms with E-state index in [9.17, 15) is 4.79 Å². The highest BCUT2D eigenvalue weighted by molar-refractivity contribution is 5.85. The van der Waals surface area contributed by atoms with E-state index in [2.05, 4.69) is 11.4 Å². The van der Waals surface area contributed by atoms with Crippen molar-refractivity contribution in [3.63, 3.8) is 0 Å². The molecular weight excluding hydrogens is 312 g/mol. The van der Waals surface area contributed by atoms with Gasteiger partial charge in [0.1, 0.15) is 11.8 Å². The molecule has 0 saturated heterocycles. The van der Waals surface area contributed by atoms with Crippen molar-refractivity contribution in [2.45, 2.75) is 18.4 Å². The molecule has 2 atom stereocenters. The summed E-state index contributed by atoms with van der Waals surface area (Å²) in [4.78, 5) is 12.2. The Bertz CT molecular complexity index is 648. The highest BCUT2D eigenvalue weighted by atomic mass is 35.5. The maximum Gasteiger partial charge on any atom is 0.241 e. The predicted octanol–water partition coefficient (Wildman–Crippen LogP) is 2.79. The van der Waals surface area contributed by atoms with Crippen molar-refractivity contribution in [2.24, 2.45) is 5.73 Å². The normalized spacial score (nSPS) is 17.2. The molecule has 2 aromatic rings. The summed E-state index contributed by atoms with van der Waals surface area (Å²) in [7, 11) is 0. The molecule has 3 rings (SSSR count). The quantitative estimate of drug-likeness (QED) is 0.905. The van der Waals surface area contributed by atoms with Crippen LogP contribution in [0.25, 0.3) is 0 Å². The van der Waals surface area contributed by atoms with Crippen molar-refractivity contribution in [3.8, 4) is 5.75 Å². The van der Waals surface area contributed by atoms with Gasteiger partial charge in [-0.05, 0) is 23.6 Å². The second-order valence-electron chi connectivity index (χ2n) is 5.51. The number of nitrogens with two attached hydrogens (primary N) is 1. The second kappa shape index (κ2) is 7.99. The SMILES string of the molecule is Cl.NC(C(=O)NCC1CCOc2ccccc21)c1ccccc1. The molecule has 0 saturated carbocycles. The van der Waals surface area contributed by atoms with E-state index >= 15 is 0 Å². The molecule has 4 nitrogen and oxygen atoms in total. The van der Waals surface area contributed by atoms with E-state index in [4.69, 9.17) is 10.5 Å². The van der Waals surface area contributed by atoms with Gasteiger partial charge in [-0.3, -0.25) is 4.79 Å². The molecule has 0 radical (unpaired) electrons. The van der Waals surface area contributed by atoms with Crippen LogP contribution in [0.2, 0.25) is 0 Å². The highest BCUT2D eigenvalue weighted by Gasteiger charge is 2.23. The van der Waals surface area contributed by atoms with Crippen LogP contribution >= 0.6 is 12.4 Å². The number of para-hydroxylation sites is 1. The Morgan fingerprint density at radius 1 is 1.17 bits per heavy atom. The maximum atomic E-state index is 12.2. The van der Waals surface area contributed by atoms with E-state index in [1.54, 1.807) is 0 Å². The van der Waals surface area contributed by atoms with Crippen LogP contribution in [-0.4, -0.2) is 19.1 Å². The second-order valence-corrected chi connectivity index (χ2v) is 5.51. The third-order valence-corrected chi connectivity index (χ3v) is 4.05. The number of ether oxygens (including phenoxy) is 1. The summed E-state index contributed by atoms with van der Waals surface area (Å²) in [6, 6.07) is 16.8. The average Bonchev–Trinajstić information content (AvgIpc) is 2.59. The first-order chi connectivity index (χ1) is 10.8. The van der Waals surface area contributed by atoms with Crippen LogP contribution in [0.3, 0.4) is 0 Å². The number of carbonyl (C=O) groups excluding carboxylic acids is 1. The lowest BCUT2D eigenvalue weighted by atomic mass is 9.93. The van der Waals surface area contributed by atoms with Crippen LogP contribution in [0.15, 0.2) is 54.6 Å². The Morgan fingerprint density at radius 2 is 1.87 bits per heavy atom. The number of rotatable bonds is 4. The number of amides is 1. The van der Waals surface area contributed by atoms with Gasteiger partial charge in [-0.1, -0.05) is 48.5 Å². The van der Waals surface area contributed by atoms with E-state index in [0.717, 1.165) is 23.3 Å². The fourth-order valence-corrected chi connectivity index (χ4v) is 2.77. The largest absolute Gasteiger partial charge is 0.493 e. The van der Waals surface area contributed by atoms with Crippen LogP contribution in [0.4, 0.5) is 0 Å². The summed E-state index contributed by atoms with van der Waals surface area (Å²) < 4.78 is 5.64. The molecule has 1 heterocycles. The van der Waals surface area contributed by atoms with Crippen LogP contribution < -0.4 is 15.8 Å². The zero-order chi connectivity index (χ0) is 15.4. The lowest BCUT2D eigenvalue weighted by Crippen LogP contribution is -2.37. The summed E-state index contributed by atoms with van der Waals surface area (Å²) in [6.45, 7) is 1.27. The van der Waals surface area contributed by atoms with Gasteiger partial charge in [0.2, 0.25) is 5.91 Å². The topological polar surface area (TPSA) is 64.4 Å². The summed E-state index contributed by atoms with van der Waals surface area (Å²) in [5.74, 6) is 1.05. The molecule has 1 amide bonds. The Morgan fingerprint density at radius 3 is 2.65 bits per heavy atom. The lowest BCUT2D eigenvalue weighted by Gasteiger charge is -2.26. The Balaban J connectivity index is 0.00000192. The number of benzene rings is 2. The van der Waals surface area contributed by atoms with Gasteiger partial charge in [0.15, 0.2) is 0 Å². The van der Waals surface area contributed by atoms with Crippen molar-refractivity contribution in [3.05, 3.63) is 65.7 Å². The molecule has 3 N–H and O–H groups in total. The number of hydrogen-bond acceptors (Lipinski definition) is 3. The van der Waals surface area contributed by atoms with Gasteiger partial charge in [-0.2, -0.15) is 0 Å². The number of carbonyl (C=O) groups is 1. The van der Waals surface area contributed by atoms with Crippen molar-refractivity contribution >= 4 is 18.3 Å². The van der Waals surface area contributed by atoms with Gasteiger partial charge < -0.3 is 15.8 Å². The molecule has 0 aromatic heterocycles. The molecule has 23 heavy (non-hydrogen) atoms. The van der Waals surface area contributed by atoms with Crippen LogP contribution in [-0.2, 0) is 4.79 Å². The predicted molar refractivity (Wildman–Crippen MR) is 92.9 cm³/mol. The van der Waals surface area contributed by atoms with E-state index in [0.29, 0.717) is 13.2 Å². The molecule has 122 valence electrons. The molecule has 2 unspecified atom stereocenters. The summed E-state index contributed by atoms with van der Waals surface area (Å²) >= 11 is 0. The van der Waals surface area contributed by atoms with Gasteiger partial charge in [0.05, 0.1) is 6.61 Å². The molecule has 1 aliphatic rings. The van der Waals surface area contributed by atoms with Gasteiger partial charge >= 0.3 is 0 Å². The molecule has 5 heteroatoms. The van der Waals surface area contributed by atoms with E-state index < -0.39 is 6.04 Å². The first-order valence-electron chi connectivity index (χ1n) is 7.55. The molecule has 1 aliphatic heterocycles. The minimum absolute atomic E-state index is 0. The van der Waals surface area contributed by atoms with Crippen molar-refractivity contribution < 1.29 is 9.53 Å². The zero-order valence-corrected chi connectivity index (χ0v) is 13.6. The Labute approximate surface area is 142 Å². The van der Waals surface area contributed by atoms with Crippen LogP contribution in [0, 0.1) is 0 Å². The Kier molecular flexibility index (Phi) is 6.02. The fraction of sp³-hybridized carbons (Fsp3) is 0.278. The van der Waals surface area contributed by atoms with Gasteiger partial charge in [0, 0.05) is 12.5 Å². The van der Waals surface area contributed by atoms with Crippen LogP contribution in [0.1, 0.15) is 29.5 Å². The summed E-state index contributed by atoms with van der Waals surface area (Å²) in [5.41, 5.74) is 7.99. The van der Waals surface area contributed by atoms with Gasteiger partial charge in [-0.15, -0.1) is 12.4 Å². The molecule has 0 spiro atoms. The zero-order valence-electron chi connectivity index (χ0n) is 12.8. The van der Waals surface area contributed by atoms with Crippen molar-refractivity contribution in [1.29, 1.82) is 0 Å². The number of hydrogen-bond donors (Lipinski definition) is 2. The van der Waals surface area contributed by atoms with Crippen molar-refractivity contribution in [1.82, 2.24) is 5.32 Å². The van der Waals surface area contributed by atoms with E-state index in [1.807, 2.05) is 48.5 Å². The lowest BCUT2D eigenvalue weighted by molar-refractivity contribution is -0.122. The monoisotopic (exact) mass is 332 g/mol. The molecule has 0 bridgehead atoms. The fourth-order valence-electron chi connectivity index (χ4n) is 2.77. The smallest absolute Gasteiger partial charge is 0.241 e. The molecule has 0 aliphatic carbocycles. The standard InChI is InChI=1S/C18H20N2O2.ClH/c19-17(13-6-2-1-3-7-13)18(21)20-12-14-10-11-22-16-9-5-4-8-15(14)16;/h1-9,14,17H,10-12,19H2,(H,20,21);1H. The third-order valence-electron chi connectivity index (χ3n) is 4.05. The minimum atomic E-state index is -0.628. The first kappa shape index (κ1) is 17.3. The number of halogens is 1. The molecular formula is C18H21ClN2O2. The molecule has 2 aromatic carbocycles. The third kappa shape index (κ3) is 4.03. The van der Waals surface area contributed by atoms with Gasteiger partial charge in [0.25, 0.3) is 0 Å². The summed E-state index contributed by atoms with van der Waals surface area (Å²) in [6.07, 6.45) is 0.901. The highest BCUT2D eigenvalue weighted by Crippen LogP contribution is 2.32. The number of fused-ring (bicyclic) bond motifs is 1. The van der Waals surface area contributed by atoms with E-state index in [1.165, 1.54) is 0 Å². The van der Waals surface area contributed by atoms with Crippen molar-refractivity contribution in [2.75, 3.05) is 13.2 Å². The Hall–Kier alpha value is -2.04. The van der Waals surface area contributed by atoms with Crippen LogP contribution in [0.5, 0.6) is 5.75 Å². The number of nitrogens with one attached hydrogen (secondary N) is 1. The molecule has 0 fully saturated rings. The maximum absolute atomic E-state index is 12.2. The first-order valence-corrected chi connectivity index (χ1v) is 7.55. The van der Waals surface area contributed by atoms with Gasteiger partial charge in [-0.25, -0.2) is 0 Å². The average molecular weight is 333 g/mol. The summed E-state index contributed by atoms with van der Waals surface area (Å²) in [5, 5.41) is 2.97.